The number of benzene rings is 2. The second-order valence-corrected chi connectivity index (χ2v) is 9.33. The van der Waals surface area contributed by atoms with Crippen molar-refractivity contribution in [3.05, 3.63) is 52.0 Å². The number of rotatable bonds is 7. The number of sulfonamides is 1. The van der Waals surface area contributed by atoms with Crippen molar-refractivity contribution in [1.29, 1.82) is 0 Å². The van der Waals surface area contributed by atoms with Gasteiger partial charge in [-0.3, -0.25) is 4.79 Å². The third kappa shape index (κ3) is 4.94. The van der Waals surface area contributed by atoms with Crippen molar-refractivity contribution in [3.63, 3.8) is 0 Å². The van der Waals surface area contributed by atoms with E-state index in [-0.39, 0.29) is 17.3 Å². The number of amides is 1. The number of carbonyl (C=O) groups is 1. The Morgan fingerprint density at radius 3 is 2.40 bits per heavy atom. The van der Waals surface area contributed by atoms with Crippen molar-refractivity contribution >= 4 is 31.9 Å². The summed E-state index contributed by atoms with van der Waals surface area (Å²) in [5.41, 5.74) is 1.10. The summed E-state index contributed by atoms with van der Waals surface area (Å²) in [6.45, 7) is 1.71. The van der Waals surface area contributed by atoms with Gasteiger partial charge in [0.05, 0.1) is 42.4 Å². The number of methoxy groups -OCH3 is 2. The average molecular weight is 499 g/mol. The molecule has 162 valence electrons. The van der Waals surface area contributed by atoms with Crippen LogP contribution < -0.4 is 14.8 Å². The number of carbonyl (C=O) groups excluding carboxylic acids is 1. The van der Waals surface area contributed by atoms with Crippen molar-refractivity contribution < 1.29 is 27.4 Å². The average Bonchev–Trinajstić information content (AvgIpc) is 2.77. The minimum atomic E-state index is -3.54. The zero-order valence-electron chi connectivity index (χ0n) is 16.7. The van der Waals surface area contributed by atoms with E-state index in [9.17, 15) is 13.2 Å². The Labute approximate surface area is 184 Å². The number of hydrogen-bond donors (Lipinski definition) is 1. The van der Waals surface area contributed by atoms with E-state index in [4.69, 9.17) is 14.2 Å². The van der Waals surface area contributed by atoms with Crippen LogP contribution >= 0.6 is 15.9 Å². The fourth-order valence-corrected chi connectivity index (χ4v) is 5.06. The molecule has 0 saturated carbocycles. The van der Waals surface area contributed by atoms with Crippen LogP contribution in [0, 0.1) is 0 Å². The number of nitrogens with one attached hydrogen (secondary N) is 1. The molecule has 1 amide bonds. The molecule has 2 aromatic rings. The molecular formula is C20H23BrN2O6S. The SMILES string of the molecule is COc1cc(Br)c(OC)c(C(=O)NCc2ccc(S(=O)(=O)N3CCOCC3)cc2)c1. The van der Waals surface area contributed by atoms with Crippen molar-refractivity contribution in [2.75, 3.05) is 40.5 Å². The van der Waals surface area contributed by atoms with Crippen molar-refractivity contribution in [2.45, 2.75) is 11.4 Å². The maximum absolute atomic E-state index is 12.7. The molecule has 1 N–H and O–H groups in total. The molecule has 30 heavy (non-hydrogen) atoms. The van der Waals surface area contributed by atoms with Gasteiger partial charge in [0.1, 0.15) is 11.5 Å². The first-order valence-corrected chi connectivity index (χ1v) is 11.5. The maximum Gasteiger partial charge on any atom is 0.255 e. The summed E-state index contributed by atoms with van der Waals surface area (Å²) in [7, 11) is -0.545. The van der Waals surface area contributed by atoms with Crippen LogP contribution in [0.15, 0.2) is 45.8 Å². The lowest BCUT2D eigenvalue weighted by molar-refractivity contribution is 0.0730. The van der Waals surface area contributed by atoms with Gasteiger partial charge in [-0.2, -0.15) is 4.31 Å². The quantitative estimate of drug-likeness (QED) is 0.629. The lowest BCUT2D eigenvalue weighted by atomic mass is 10.1. The molecule has 2 aromatic carbocycles. The minimum Gasteiger partial charge on any atom is -0.497 e. The molecule has 0 atom stereocenters. The Hall–Kier alpha value is -2.14. The smallest absolute Gasteiger partial charge is 0.255 e. The van der Waals surface area contributed by atoms with Gasteiger partial charge in [-0.1, -0.05) is 12.1 Å². The van der Waals surface area contributed by atoms with Gasteiger partial charge in [0.15, 0.2) is 0 Å². The van der Waals surface area contributed by atoms with Crippen LogP contribution in [0.2, 0.25) is 0 Å². The van der Waals surface area contributed by atoms with Crippen molar-refractivity contribution in [3.8, 4) is 11.5 Å². The molecule has 0 radical (unpaired) electrons. The molecule has 0 aromatic heterocycles. The normalized spacial score (nSPS) is 14.9. The summed E-state index contributed by atoms with van der Waals surface area (Å²) in [5.74, 6) is 0.585. The number of nitrogens with zero attached hydrogens (tertiary/aromatic N) is 1. The first-order chi connectivity index (χ1) is 14.4. The van der Waals surface area contributed by atoms with E-state index in [1.54, 1.807) is 36.4 Å². The molecule has 10 heteroatoms. The summed E-state index contributed by atoms with van der Waals surface area (Å²) in [6, 6.07) is 9.78. The zero-order valence-corrected chi connectivity index (χ0v) is 19.1. The van der Waals surface area contributed by atoms with Gasteiger partial charge in [0.2, 0.25) is 10.0 Å². The second kappa shape index (κ2) is 9.78. The predicted octanol–water partition coefficient (Wildman–Crippen LogP) is 2.42. The monoisotopic (exact) mass is 498 g/mol. The lowest BCUT2D eigenvalue weighted by Crippen LogP contribution is -2.40. The Morgan fingerprint density at radius 1 is 1.13 bits per heavy atom. The van der Waals surface area contributed by atoms with E-state index in [0.717, 1.165) is 5.56 Å². The molecule has 0 aliphatic carbocycles. The predicted molar refractivity (Wildman–Crippen MR) is 114 cm³/mol. The van der Waals surface area contributed by atoms with Crippen LogP contribution in [0.25, 0.3) is 0 Å². The molecule has 1 saturated heterocycles. The van der Waals surface area contributed by atoms with E-state index in [1.807, 2.05) is 0 Å². The van der Waals surface area contributed by atoms with E-state index in [0.29, 0.717) is 47.8 Å². The third-order valence-corrected chi connectivity index (χ3v) is 7.19. The van der Waals surface area contributed by atoms with E-state index in [1.165, 1.54) is 18.5 Å². The number of ether oxygens (including phenoxy) is 3. The van der Waals surface area contributed by atoms with Gasteiger partial charge in [-0.15, -0.1) is 0 Å². The number of morpholine rings is 1. The molecule has 1 aliphatic heterocycles. The first-order valence-electron chi connectivity index (χ1n) is 9.23. The largest absolute Gasteiger partial charge is 0.497 e. The third-order valence-electron chi connectivity index (χ3n) is 4.69. The fourth-order valence-electron chi connectivity index (χ4n) is 3.06. The van der Waals surface area contributed by atoms with Crippen LogP contribution in [0.3, 0.4) is 0 Å². The second-order valence-electron chi connectivity index (χ2n) is 6.53. The van der Waals surface area contributed by atoms with E-state index in [2.05, 4.69) is 21.2 Å². The van der Waals surface area contributed by atoms with Gasteiger partial charge in [-0.25, -0.2) is 8.42 Å². The Bertz CT molecular complexity index is 1000. The molecular weight excluding hydrogens is 476 g/mol. The molecule has 1 aliphatic rings. The van der Waals surface area contributed by atoms with Crippen LogP contribution in [-0.4, -0.2) is 59.2 Å². The Kier molecular flexibility index (Phi) is 7.35. The number of hydrogen-bond acceptors (Lipinski definition) is 6. The molecule has 0 spiro atoms. The topological polar surface area (TPSA) is 94.2 Å². The summed E-state index contributed by atoms with van der Waals surface area (Å²) in [4.78, 5) is 12.9. The van der Waals surface area contributed by atoms with Gasteiger partial charge < -0.3 is 19.5 Å². The lowest BCUT2D eigenvalue weighted by Gasteiger charge is -2.26. The van der Waals surface area contributed by atoms with Gasteiger partial charge in [-0.05, 0) is 45.8 Å². The highest BCUT2D eigenvalue weighted by Gasteiger charge is 2.26. The van der Waals surface area contributed by atoms with E-state index >= 15 is 0 Å². The molecule has 1 fully saturated rings. The fraction of sp³-hybridized carbons (Fsp3) is 0.350. The van der Waals surface area contributed by atoms with Crippen LogP contribution in [0.5, 0.6) is 11.5 Å². The summed E-state index contributed by atoms with van der Waals surface area (Å²) >= 11 is 3.37. The Balaban J connectivity index is 1.70. The van der Waals surface area contributed by atoms with E-state index < -0.39 is 10.0 Å². The number of halogens is 1. The highest BCUT2D eigenvalue weighted by atomic mass is 79.9. The molecule has 0 unspecified atom stereocenters. The zero-order chi connectivity index (χ0) is 21.7. The highest BCUT2D eigenvalue weighted by molar-refractivity contribution is 9.10. The standard InChI is InChI=1S/C20H23BrN2O6S/c1-27-15-11-17(19(28-2)18(21)12-15)20(24)22-13-14-3-5-16(6-4-14)30(25,26)23-7-9-29-10-8-23/h3-6,11-12H,7-10,13H2,1-2H3,(H,22,24). The first kappa shape index (κ1) is 22.5. The summed E-state index contributed by atoms with van der Waals surface area (Å²) in [6.07, 6.45) is 0. The van der Waals surface area contributed by atoms with Crippen LogP contribution in [0.1, 0.15) is 15.9 Å². The van der Waals surface area contributed by atoms with Gasteiger partial charge >= 0.3 is 0 Å². The summed E-state index contributed by atoms with van der Waals surface area (Å²) < 4.78 is 43.1. The Morgan fingerprint density at radius 2 is 1.80 bits per heavy atom. The van der Waals surface area contributed by atoms with Gasteiger partial charge in [0, 0.05) is 19.6 Å². The highest BCUT2D eigenvalue weighted by Crippen LogP contribution is 2.33. The molecule has 0 bridgehead atoms. The minimum absolute atomic E-state index is 0.220. The van der Waals surface area contributed by atoms with Crippen molar-refractivity contribution in [2.24, 2.45) is 0 Å². The molecule has 3 rings (SSSR count). The van der Waals surface area contributed by atoms with Crippen LogP contribution in [0.4, 0.5) is 0 Å². The molecule has 8 nitrogen and oxygen atoms in total. The molecule has 1 heterocycles. The van der Waals surface area contributed by atoms with Crippen LogP contribution in [-0.2, 0) is 21.3 Å². The summed E-state index contributed by atoms with van der Waals surface area (Å²) in [5, 5.41) is 2.82. The van der Waals surface area contributed by atoms with Crippen molar-refractivity contribution in [1.82, 2.24) is 9.62 Å². The maximum atomic E-state index is 12.7. The van der Waals surface area contributed by atoms with Gasteiger partial charge in [0.25, 0.3) is 5.91 Å².